The Morgan fingerprint density at radius 3 is 2.42 bits per heavy atom. The number of anilines is 2. The number of benzene rings is 1. The van der Waals surface area contributed by atoms with Crippen LogP contribution in [-0.2, 0) is 0 Å². The first kappa shape index (κ1) is 14.0. The lowest BCUT2D eigenvalue weighted by Crippen LogP contribution is -2.27. The summed E-state index contributed by atoms with van der Waals surface area (Å²) in [5.74, 6) is 0.902. The molecule has 1 saturated heterocycles. The molecule has 106 valence electrons. The van der Waals surface area contributed by atoms with E-state index in [2.05, 4.69) is 24.0 Å². The molecule has 0 aliphatic carbocycles. The number of hydrogen-bond acceptors (Lipinski definition) is 3. The van der Waals surface area contributed by atoms with Gasteiger partial charge in [-0.2, -0.15) is 0 Å². The predicted octanol–water partition coefficient (Wildman–Crippen LogP) is 3.83. The lowest BCUT2D eigenvalue weighted by molar-refractivity contribution is 0.317. The molecule has 19 heavy (non-hydrogen) atoms. The van der Waals surface area contributed by atoms with Crippen LogP contribution in [0.25, 0.3) is 0 Å². The molecule has 2 rings (SSSR count). The Kier molecular flexibility index (Phi) is 5.37. The molecule has 0 aromatic heterocycles. The van der Waals surface area contributed by atoms with Crippen molar-refractivity contribution in [3.8, 4) is 5.75 Å². The minimum Gasteiger partial charge on any atom is -0.493 e. The van der Waals surface area contributed by atoms with Crippen LogP contribution in [0.2, 0.25) is 0 Å². The Bertz CT molecular complexity index is 384. The molecule has 1 aromatic carbocycles. The van der Waals surface area contributed by atoms with E-state index in [1.807, 2.05) is 6.07 Å². The Morgan fingerprint density at radius 2 is 1.74 bits per heavy atom. The van der Waals surface area contributed by atoms with E-state index in [1.54, 1.807) is 0 Å². The molecule has 0 unspecified atom stereocenters. The summed E-state index contributed by atoms with van der Waals surface area (Å²) in [6.07, 6.45) is 7.65. The first-order chi connectivity index (χ1) is 9.29. The monoisotopic (exact) mass is 262 g/mol. The van der Waals surface area contributed by atoms with Crippen molar-refractivity contribution in [1.29, 1.82) is 0 Å². The first-order valence-electron chi connectivity index (χ1n) is 7.58. The lowest BCUT2D eigenvalue weighted by Gasteiger charge is -2.27. The molecule has 2 N–H and O–H groups in total. The maximum absolute atomic E-state index is 6.00. The van der Waals surface area contributed by atoms with Crippen LogP contribution in [0.3, 0.4) is 0 Å². The molecule has 0 radical (unpaired) electrons. The maximum Gasteiger partial charge on any atom is 0.123 e. The van der Waals surface area contributed by atoms with Gasteiger partial charge in [-0.15, -0.1) is 0 Å². The molecule has 1 heterocycles. The first-order valence-corrected chi connectivity index (χ1v) is 7.58. The molecule has 1 fully saturated rings. The summed E-state index contributed by atoms with van der Waals surface area (Å²) in [7, 11) is 0. The molecule has 1 aromatic rings. The third kappa shape index (κ3) is 4.34. The van der Waals surface area contributed by atoms with Crippen LogP contribution >= 0.6 is 0 Å². The zero-order valence-corrected chi connectivity index (χ0v) is 12.0. The maximum atomic E-state index is 6.00. The second-order valence-corrected chi connectivity index (χ2v) is 5.36. The van der Waals surface area contributed by atoms with E-state index >= 15 is 0 Å². The molecular weight excluding hydrogens is 236 g/mol. The summed E-state index contributed by atoms with van der Waals surface area (Å²) in [5, 5.41) is 0. The van der Waals surface area contributed by atoms with Gasteiger partial charge in [0.1, 0.15) is 5.75 Å². The highest BCUT2D eigenvalue weighted by Crippen LogP contribution is 2.27. The average Bonchev–Trinajstić information content (AvgIpc) is 2.35. The molecule has 3 nitrogen and oxygen atoms in total. The smallest absolute Gasteiger partial charge is 0.123 e. The van der Waals surface area contributed by atoms with E-state index in [-0.39, 0.29) is 0 Å². The van der Waals surface area contributed by atoms with Crippen LogP contribution in [0.5, 0.6) is 5.75 Å². The highest BCUT2D eigenvalue weighted by molar-refractivity contribution is 5.60. The minimum absolute atomic E-state index is 0.753. The fourth-order valence-corrected chi connectivity index (χ4v) is 2.60. The number of nitrogens with zero attached hydrogens (tertiary/aromatic N) is 1. The van der Waals surface area contributed by atoms with Crippen molar-refractivity contribution in [2.75, 3.05) is 30.3 Å². The third-order valence-electron chi connectivity index (χ3n) is 3.61. The van der Waals surface area contributed by atoms with Gasteiger partial charge in [-0.05, 0) is 25.3 Å². The summed E-state index contributed by atoms with van der Waals surface area (Å²) in [6.45, 7) is 5.14. The fourth-order valence-electron chi connectivity index (χ4n) is 2.60. The van der Waals surface area contributed by atoms with Gasteiger partial charge in [-0.3, -0.25) is 0 Å². The molecule has 0 amide bonds. The number of nitrogen functional groups attached to an aromatic ring is 1. The normalized spacial score (nSPS) is 16.8. The third-order valence-corrected chi connectivity index (χ3v) is 3.61. The quantitative estimate of drug-likeness (QED) is 0.838. The van der Waals surface area contributed by atoms with Crippen molar-refractivity contribution >= 4 is 11.4 Å². The molecule has 0 atom stereocenters. The molecule has 0 spiro atoms. The fraction of sp³-hybridized carbons (Fsp3) is 0.625. The summed E-state index contributed by atoms with van der Waals surface area (Å²) < 4.78 is 5.72. The van der Waals surface area contributed by atoms with E-state index in [0.717, 1.165) is 37.6 Å². The van der Waals surface area contributed by atoms with Crippen molar-refractivity contribution in [1.82, 2.24) is 0 Å². The largest absolute Gasteiger partial charge is 0.493 e. The van der Waals surface area contributed by atoms with Gasteiger partial charge in [-0.25, -0.2) is 0 Å². The van der Waals surface area contributed by atoms with E-state index in [9.17, 15) is 0 Å². The molecular formula is C16H26N2O. The van der Waals surface area contributed by atoms with E-state index in [1.165, 1.54) is 37.8 Å². The van der Waals surface area contributed by atoms with Crippen molar-refractivity contribution in [3.63, 3.8) is 0 Å². The summed E-state index contributed by atoms with van der Waals surface area (Å²) in [4.78, 5) is 2.45. The lowest BCUT2D eigenvalue weighted by atomic mass is 10.1. The average molecular weight is 262 g/mol. The Balaban J connectivity index is 2.10. The van der Waals surface area contributed by atoms with Crippen molar-refractivity contribution in [2.24, 2.45) is 0 Å². The summed E-state index contributed by atoms with van der Waals surface area (Å²) >= 11 is 0. The van der Waals surface area contributed by atoms with Crippen molar-refractivity contribution in [3.05, 3.63) is 18.2 Å². The molecule has 1 aliphatic heterocycles. The second-order valence-electron chi connectivity index (χ2n) is 5.36. The van der Waals surface area contributed by atoms with Crippen LogP contribution in [0, 0.1) is 0 Å². The highest BCUT2D eigenvalue weighted by Gasteiger charge is 2.11. The van der Waals surface area contributed by atoms with Gasteiger partial charge >= 0.3 is 0 Å². The molecule has 3 heteroatoms. The van der Waals surface area contributed by atoms with Crippen LogP contribution in [0.15, 0.2) is 18.2 Å². The van der Waals surface area contributed by atoms with Gasteiger partial charge in [0.25, 0.3) is 0 Å². The molecule has 0 saturated carbocycles. The van der Waals surface area contributed by atoms with Crippen LogP contribution < -0.4 is 15.4 Å². The van der Waals surface area contributed by atoms with Gasteiger partial charge in [0.05, 0.1) is 6.61 Å². The minimum atomic E-state index is 0.753. The standard InChI is InChI=1S/C16H26N2O/c1-2-10-19-16-12-14(17)11-15(13-16)18-8-6-4-3-5-7-9-18/h11-13H,2-10,17H2,1H3. The van der Waals surface area contributed by atoms with E-state index < -0.39 is 0 Å². The van der Waals surface area contributed by atoms with Gasteiger partial charge in [0.2, 0.25) is 0 Å². The Hall–Kier alpha value is -1.38. The summed E-state index contributed by atoms with van der Waals surface area (Å²) in [6, 6.07) is 6.12. The van der Waals surface area contributed by atoms with E-state index in [4.69, 9.17) is 10.5 Å². The Labute approximate surface area is 116 Å². The zero-order chi connectivity index (χ0) is 13.5. The molecule has 0 bridgehead atoms. The van der Waals surface area contributed by atoms with Crippen LogP contribution in [0.1, 0.15) is 45.4 Å². The molecule has 1 aliphatic rings. The second kappa shape index (κ2) is 7.27. The van der Waals surface area contributed by atoms with Gasteiger partial charge in [0, 0.05) is 36.6 Å². The van der Waals surface area contributed by atoms with Crippen molar-refractivity contribution in [2.45, 2.75) is 45.4 Å². The van der Waals surface area contributed by atoms with Crippen LogP contribution in [-0.4, -0.2) is 19.7 Å². The predicted molar refractivity (Wildman–Crippen MR) is 81.9 cm³/mol. The number of rotatable bonds is 4. The zero-order valence-electron chi connectivity index (χ0n) is 12.0. The number of nitrogens with two attached hydrogens (primary N) is 1. The van der Waals surface area contributed by atoms with Gasteiger partial charge in [0.15, 0.2) is 0 Å². The van der Waals surface area contributed by atoms with Crippen molar-refractivity contribution < 1.29 is 4.74 Å². The highest BCUT2D eigenvalue weighted by atomic mass is 16.5. The number of hydrogen-bond donors (Lipinski definition) is 1. The van der Waals surface area contributed by atoms with Crippen LogP contribution in [0.4, 0.5) is 11.4 Å². The van der Waals surface area contributed by atoms with Gasteiger partial charge in [-0.1, -0.05) is 26.2 Å². The van der Waals surface area contributed by atoms with E-state index in [0.29, 0.717) is 0 Å². The summed E-state index contributed by atoms with van der Waals surface area (Å²) in [5.41, 5.74) is 8.01. The van der Waals surface area contributed by atoms with Gasteiger partial charge < -0.3 is 15.4 Å². The topological polar surface area (TPSA) is 38.5 Å². The number of ether oxygens (including phenoxy) is 1. The Morgan fingerprint density at radius 1 is 1.05 bits per heavy atom. The SMILES string of the molecule is CCCOc1cc(N)cc(N2CCCCCCC2)c1.